The number of alkyl carbamates (subject to hydrolysis) is 1. The van der Waals surface area contributed by atoms with Crippen LogP contribution in [0.5, 0.6) is 0 Å². The number of likely N-dealkylation sites (N-methyl/N-ethyl adjacent to an activating group) is 1. The molecule has 0 fully saturated rings. The van der Waals surface area contributed by atoms with Crippen LogP contribution < -0.4 is 5.32 Å². The van der Waals surface area contributed by atoms with E-state index in [1.807, 2.05) is 24.3 Å². The Hall–Kier alpha value is -4.39. The highest BCUT2D eigenvalue weighted by molar-refractivity contribution is 5.88. The van der Waals surface area contributed by atoms with Crippen molar-refractivity contribution in [3.05, 3.63) is 107 Å². The summed E-state index contributed by atoms with van der Waals surface area (Å²) in [6.07, 6.45) is 2.40. The van der Waals surface area contributed by atoms with Crippen molar-refractivity contribution < 1.29 is 24.2 Å². The first kappa shape index (κ1) is 23.8. The molecule has 3 aromatic rings. The SMILES string of the molecule is CN(Cc1ccc(C(=O)O)cc1)C(=O)/C=C/CNC(=O)OCC1c2ccccc2-c2ccccc21. The fraction of sp³-hybridized carbons (Fsp3) is 0.179. The maximum atomic E-state index is 12.3. The maximum Gasteiger partial charge on any atom is 0.407 e. The third-order valence-corrected chi connectivity index (χ3v) is 5.97. The van der Waals surface area contributed by atoms with Crippen LogP contribution in [0.15, 0.2) is 84.9 Å². The smallest absolute Gasteiger partial charge is 0.407 e. The Bertz CT molecular complexity index is 1220. The lowest BCUT2D eigenvalue weighted by Gasteiger charge is -2.15. The molecule has 178 valence electrons. The van der Waals surface area contributed by atoms with E-state index in [2.05, 4.69) is 29.6 Å². The number of fused-ring (bicyclic) bond motifs is 3. The van der Waals surface area contributed by atoms with Gasteiger partial charge in [-0.2, -0.15) is 0 Å². The van der Waals surface area contributed by atoms with Crippen LogP contribution in [0.1, 0.15) is 33.0 Å². The molecule has 2 N–H and O–H groups in total. The Kier molecular flexibility index (Phi) is 7.26. The molecule has 0 spiro atoms. The first-order chi connectivity index (χ1) is 16.9. The third-order valence-electron chi connectivity index (χ3n) is 5.97. The van der Waals surface area contributed by atoms with Gasteiger partial charge in [-0.25, -0.2) is 9.59 Å². The molecule has 1 aliphatic carbocycles. The summed E-state index contributed by atoms with van der Waals surface area (Å²) >= 11 is 0. The molecule has 0 bridgehead atoms. The molecular weight excluding hydrogens is 444 g/mol. The van der Waals surface area contributed by atoms with Crippen LogP contribution in [0.25, 0.3) is 11.1 Å². The van der Waals surface area contributed by atoms with Crippen molar-refractivity contribution in [2.45, 2.75) is 12.5 Å². The number of benzene rings is 3. The zero-order valence-electron chi connectivity index (χ0n) is 19.3. The minimum absolute atomic E-state index is 0.0107. The molecule has 0 aliphatic heterocycles. The van der Waals surface area contributed by atoms with Gasteiger partial charge in [0.15, 0.2) is 0 Å². The lowest BCUT2D eigenvalue weighted by molar-refractivity contribution is -0.125. The van der Waals surface area contributed by atoms with Crippen molar-refractivity contribution in [1.29, 1.82) is 0 Å². The van der Waals surface area contributed by atoms with Gasteiger partial charge >= 0.3 is 12.1 Å². The number of carboxylic acid groups (broad SMARTS) is 1. The molecule has 7 heteroatoms. The van der Waals surface area contributed by atoms with Crippen molar-refractivity contribution in [1.82, 2.24) is 10.2 Å². The minimum Gasteiger partial charge on any atom is -0.478 e. The summed E-state index contributed by atoms with van der Waals surface area (Å²) in [6, 6.07) is 22.6. The van der Waals surface area contributed by atoms with E-state index < -0.39 is 12.1 Å². The summed E-state index contributed by atoms with van der Waals surface area (Å²) in [6.45, 7) is 0.721. The number of amides is 2. The molecule has 2 amide bonds. The molecule has 0 unspecified atom stereocenters. The Morgan fingerprint density at radius 3 is 2.14 bits per heavy atom. The van der Waals surface area contributed by atoms with Gasteiger partial charge in [0.2, 0.25) is 5.91 Å². The highest BCUT2D eigenvalue weighted by Gasteiger charge is 2.28. The average Bonchev–Trinajstić information content (AvgIpc) is 3.19. The number of carbonyl (C=O) groups is 3. The van der Waals surface area contributed by atoms with E-state index in [1.165, 1.54) is 34.2 Å². The Labute approximate surface area is 203 Å². The van der Waals surface area contributed by atoms with Crippen LogP contribution >= 0.6 is 0 Å². The molecule has 3 aromatic carbocycles. The van der Waals surface area contributed by atoms with Crippen LogP contribution in [0.3, 0.4) is 0 Å². The second-order valence-electron chi connectivity index (χ2n) is 8.31. The predicted molar refractivity (Wildman–Crippen MR) is 132 cm³/mol. The number of carboxylic acids is 1. The van der Waals surface area contributed by atoms with Crippen LogP contribution in [-0.4, -0.2) is 48.2 Å². The van der Waals surface area contributed by atoms with Gasteiger partial charge in [-0.1, -0.05) is 66.7 Å². The lowest BCUT2D eigenvalue weighted by atomic mass is 9.98. The van der Waals surface area contributed by atoms with Crippen LogP contribution in [0.4, 0.5) is 4.79 Å². The monoisotopic (exact) mass is 470 g/mol. The van der Waals surface area contributed by atoms with Gasteiger partial charge in [-0.15, -0.1) is 0 Å². The fourth-order valence-electron chi connectivity index (χ4n) is 4.18. The number of rotatable bonds is 8. The standard InChI is InChI=1S/C28H26N2O5/c1-30(17-19-12-14-20(15-13-19)27(32)33)26(31)11-6-16-29-28(34)35-18-25-23-9-4-2-7-21(23)22-8-3-5-10-24(22)25/h2-15,25H,16-18H2,1H3,(H,29,34)(H,32,33)/b11-6+. The number of nitrogens with zero attached hydrogens (tertiary/aromatic N) is 1. The van der Waals surface area contributed by atoms with E-state index in [4.69, 9.17) is 9.84 Å². The molecule has 7 nitrogen and oxygen atoms in total. The zero-order chi connectivity index (χ0) is 24.8. The van der Waals surface area contributed by atoms with E-state index in [1.54, 1.807) is 25.3 Å². The maximum absolute atomic E-state index is 12.3. The van der Waals surface area contributed by atoms with Crippen molar-refractivity contribution >= 4 is 18.0 Å². The number of ether oxygens (including phenoxy) is 1. The Morgan fingerprint density at radius 1 is 0.943 bits per heavy atom. The van der Waals surface area contributed by atoms with Crippen LogP contribution in [0, 0.1) is 0 Å². The summed E-state index contributed by atoms with van der Waals surface area (Å²) in [5.74, 6) is -1.24. The van der Waals surface area contributed by atoms with Gasteiger partial charge in [0, 0.05) is 32.1 Å². The molecule has 4 rings (SSSR count). The normalized spacial score (nSPS) is 12.1. The second-order valence-corrected chi connectivity index (χ2v) is 8.31. The first-order valence-electron chi connectivity index (χ1n) is 11.3. The Balaban J connectivity index is 1.23. The van der Waals surface area contributed by atoms with Gasteiger partial charge in [0.25, 0.3) is 0 Å². The fourth-order valence-corrected chi connectivity index (χ4v) is 4.18. The molecule has 0 aromatic heterocycles. The van der Waals surface area contributed by atoms with Gasteiger partial charge in [-0.05, 0) is 39.9 Å². The van der Waals surface area contributed by atoms with Crippen LogP contribution in [-0.2, 0) is 16.1 Å². The number of carbonyl (C=O) groups excluding carboxylic acids is 2. The summed E-state index contributed by atoms with van der Waals surface area (Å²) in [5.41, 5.74) is 5.64. The van der Waals surface area contributed by atoms with Crippen molar-refractivity contribution in [3.63, 3.8) is 0 Å². The molecule has 0 radical (unpaired) electrons. The molecule has 0 heterocycles. The van der Waals surface area contributed by atoms with Gasteiger partial charge < -0.3 is 20.1 Å². The third kappa shape index (κ3) is 5.58. The quantitative estimate of drug-likeness (QED) is 0.475. The van der Waals surface area contributed by atoms with Crippen molar-refractivity contribution in [2.24, 2.45) is 0 Å². The molecule has 0 saturated heterocycles. The van der Waals surface area contributed by atoms with E-state index in [0.717, 1.165) is 16.7 Å². The first-order valence-corrected chi connectivity index (χ1v) is 11.3. The van der Waals surface area contributed by atoms with Crippen molar-refractivity contribution in [2.75, 3.05) is 20.2 Å². The highest BCUT2D eigenvalue weighted by Crippen LogP contribution is 2.44. The van der Waals surface area contributed by atoms with Gasteiger partial charge in [0.05, 0.1) is 5.56 Å². The topological polar surface area (TPSA) is 95.9 Å². The second kappa shape index (κ2) is 10.7. The lowest BCUT2D eigenvalue weighted by Crippen LogP contribution is -2.27. The predicted octanol–water partition coefficient (Wildman–Crippen LogP) is 4.44. The number of hydrogen-bond donors (Lipinski definition) is 2. The van der Waals surface area contributed by atoms with E-state index in [9.17, 15) is 14.4 Å². The zero-order valence-corrected chi connectivity index (χ0v) is 19.3. The van der Waals surface area contributed by atoms with Gasteiger partial charge in [-0.3, -0.25) is 4.79 Å². The summed E-state index contributed by atoms with van der Waals surface area (Å²) < 4.78 is 5.48. The largest absolute Gasteiger partial charge is 0.478 e. The van der Waals surface area contributed by atoms with Gasteiger partial charge in [0.1, 0.15) is 6.61 Å². The number of hydrogen-bond acceptors (Lipinski definition) is 4. The average molecular weight is 471 g/mol. The summed E-state index contributed by atoms with van der Waals surface area (Å²) in [5, 5.41) is 11.6. The number of aromatic carboxylic acids is 1. The molecule has 1 aliphatic rings. The van der Waals surface area contributed by atoms with Crippen molar-refractivity contribution in [3.8, 4) is 11.1 Å². The minimum atomic E-state index is -0.993. The van der Waals surface area contributed by atoms with Crippen LogP contribution in [0.2, 0.25) is 0 Å². The molecule has 35 heavy (non-hydrogen) atoms. The van der Waals surface area contributed by atoms with E-state index in [-0.39, 0.29) is 30.5 Å². The highest BCUT2D eigenvalue weighted by atomic mass is 16.5. The van der Waals surface area contributed by atoms with E-state index in [0.29, 0.717) is 6.54 Å². The summed E-state index contributed by atoms with van der Waals surface area (Å²) in [4.78, 5) is 36.9. The molecular formula is C28H26N2O5. The summed E-state index contributed by atoms with van der Waals surface area (Å²) in [7, 11) is 1.65. The van der Waals surface area contributed by atoms with E-state index >= 15 is 0 Å². The molecule has 0 saturated carbocycles. The molecule has 0 atom stereocenters. The number of nitrogens with one attached hydrogen (secondary N) is 1. The Morgan fingerprint density at radius 2 is 1.54 bits per heavy atom.